The predicted octanol–water partition coefficient (Wildman–Crippen LogP) is 3.01. The molecule has 0 radical (unpaired) electrons. The lowest BCUT2D eigenvalue weighted by Crippen LogP contribution is -2.37. The van der Waals surface area contributed by atoms with Crippen molar-refractivity contribution >= 4 is 21.8 Å². The normalized spacial score (nSPS) is 13.1. The van der Waals surface area contributed by atoms with Gasteiger partial charge in [-0.25, -0.2) is 0 Å². The molecule has 0 aliphatic rings. The fourth-order valence-electron chi connectivity index (χ4n) is 1.81. The van der Waals surface area contributed by atoms with Crippen molar-refractivity contribution < 1.29 is 4.79 Å². The van der Waals surface area contributed by atoms with E-state index in [2.05, 4.69) is 33.4 Å². The van der Waals surface area contributed by atoms with Gasteiger partial charge >= 0.3 is 0 Å². The van der Waals surface area contributed by atoms with Gasteiger partial charge in [-0.3, -0.25) is 4.79 Å². The van der Waals surface area contributed by atoms with Crippen LogP contribution in [-0.2, 0) is 11.2 Å². The molecule has 0 aromatic heterocycles. The minimum atomic E-state index is -0.285. The topological polar surface area (TPSA) is 55.1 Å². The SMILES string of the molecule is CC(Cc1ccc(Br)cc1)NC(=O)CCC(C)(C)N. The van der Waals surface area contributed by atoms with E-state index in [1.165, 1.54) is 5.56 Å². The van der Waals surface area contributed by atoms with Gasteiger partial charge in [-0.2, -0.15) is 0 Å². The number of nitrogens with one attached hydrogen (secondary N) is 1. The minimum absolute atomic E-state index is 0.0723. The van der Waals surface area contributed by atoms with Crippen LogP contribution in [0.5, 0.6) is 0 Å². The van der Waals surface area contributed by atoms with Crippen LogP contribution >= 0.6 is 15.9 Å². The molecule has 106 valence electrons. The highest BCUT2D eigenvalue weighted by Crippen LogP contribution is 2.12. The van der Waals surface area contributed by atoms with Crippen LogP contribution in [0.1, 0.15) is 39.2 Å². The Hall–Kier alpha value is -0.870. The second-order valence-electron chi connectivity index (χ2n) is 5.79. The van der Waals surface area contributed by atoms with E-state index in [0.717, 1.165) is 10.9 Å². The largest absolute Gasteiger partial charge is 0.353 e. The Kier molecular flexibility index (Phi) is 6.01. The van der Waals surface area contributed by atoms with Crippen LogP contribution in [0.2, 0.25) is 0 Å². The Morgan fingerprint density at radius 1 is 1.37 bits per heavy atom. The van der Waals surface area contributed by atoms with Crippen molar-refractivity contribution in [1.82, 2.24) is 5.32 Å². The van der Waals surface area contributed by atoms with Crippen LogP contribution < -0.4 is 11.1 Å². The molecule has 1 rings (SSSR count). The molecule has 19 heavy (non-hydrogen) atoms. The molecule has 1 unspecified atom stereocenters. The summed E-state index contributed by atoms with van der Waals surface area (Å²) in [5.41, 5.74) is 6.80. The molecule has 1 atom stereocenters. The summed E-state index contributed by atoms with van der Waals surface area (Å²) in [5, 5.41) is 3.01. The van der Waals surface area contributed by atoms with Gasteiger partial charge in [0.05, 0.1) is 0 Å². The molecule has 3 N–H and O–H groups in total. The average molecular weight is 327 g/mol. The lowest BCUT2D eigenvalue weighted by Gasteiger charge is -2.19. The van der Waals surface area contributed by atoms with Crippen LogP contribution in [-0.4, -0.2) is 17.5 Å². The first-order valence-corrected chi connectivity index (χ1v) is 7.38. The maximum Gasteiger partial charge on any atom is 0.220 e. The van der Waals surface area contributed by atoms with Gasteiger partial charge in [0.15, 0.2) is 0 Å². The molecule has 0 aliphatic heterocycles. The molecule has 0 saturated carbocycles. The van der Waals surface area contributed by atoms with E-state index in [4.69, 9.17) is 5.73 Å². The standard InChI is InChI=1S/C15H23BrN2O/c1-11(10-12-4-6-13(16)7-5-12)18-14(19)8-9-15(2,3)17/h4-7,11H,8-10,17H2,1-3H3,(H,18,19). The summed E-state index contributed by atoms with van der Waals surface area (Å²) in [6, 6.07) is 8.29. The zero-order valence-electron chi connectivity index (χ0n) is 11.9. The molecule has 0 spiro atoms. The lowest BCUT2D eigenvalue weighted by molar-refractivity contribution is -0.122. The summed E-state index contributed by atoms with van der Waals surface area (Å²) >= 11 is 3.41. The van der Waals surface area contributed by atoms with Gasteiger partial charge in [0, 0.05) is 22.5 Å². The Balaban J connectivity index is 2.36. The van der Waals surface area contributed by atoms with Crippen LogP contribution in [0.25, 0.3) is 0 Å². The van der Waals surface area contributed by atoms with Gasteiger partial charge in [0.1, 0.15) is 0 Å². The third-order valence-corrected chi connectivity index (χ3v) is 3.39. The van der Waals surface area contributed by atoms with E-state index in [0.29, 0.717) is 12.8 Å². The monoisotopic (exact) mass is 326 g/mol. The van der Waals surface area contributed by atoms with Gasteiger partial charge in [0.2, 0.25) is 5.91 Å². The van der Waals surface area contributed by atoms with Gasteiger partial charge in [-0.1, -0.05) is 28.1 Å². The molecule has 0 saturated heterocycles. The Morgan fingerprint density at radius 2 is 1.95 bits per heavy atom. The second kappa shape index (κ2) is 7.06. The minimum Gasteiger partial charge on any atom is -0.353 e. The van der Waals surface area contributed by atoms with Crippen LogP contribution in [0.4, 0.5) is 0 Å². The molecular formula is C15H23BrN2O. The molecule has 1 aromatic rings. The van der Waals surface area contributed by atoms with Crippen LogP contribution in [0.3, 0.4) is 0 Å². The smallest absolute Gasteiger partial charge is 0.220 e. The van der Waals surface area contributed by atoms with Gasteiger partial charge in [-0.05, 0) is 51.3 Å². The summed E-state index contributed by atoms with van der Waals surface area (Å²) in [4.78, 5) is 11.8. The zero-order chi connectivity index (χ0) is 14.5. The zero-order valence-corrected chi connectivity index (χ0v) is 13.5. The van der Waals surface area contributed by atoms with Crippen molar-refractivity contribution in [1.29, 1.82) is 0 Å². The van der Waals surface area contributed by atoms with E-state index in [9.17, 15) is 4.79 Å². The molecule has 0 aliphatic carbocycles. The summed E-state index contributed by atoms with van der Waals surface area (Å²) in [5.74, 6) is 0.0723. The van der Waals surface area contributed by atoms with E-state index in [1.807, 2.05) is 32.9 Å². The van der Waals surface area contributed by atoms with Crippen LogP contribution in [0, 0.1) is 0 Å². The first-order chi connectivity index (χ1) is 8.76. The number of hydrogen-bond donors (Lipinski definition) is 2. The summed E-state index contributed by atoms with van der Waals surface area (Å²) in [7, 11) is 0. The predicted molar refractivity (Wildman–Crippen MR) is 83.0 cm³/mol. The van der Waals surface area contributed by atoms with E-state index in [1.54, 1.807) is 0 Å². The Bertz CT molecular complexity index is 409. The number of hydrogen-bond acceptors (Lipinski definition) is 2. The number of amides is 1. The highest BCUT2D eigenvalue weighted by atomic mass is 79.9. The summed E-state index contributed by atoms with van der Waals surface area (Å²) in [6.45, 7) is 5.89. The average Bonchev–Trinajstić information content (AvgIpc) is 2.29. The molecule has 0 heterocycles. The molecule has 4 heteroatoms. The highest BCUT2D eigenvalue weighted by molar-refractivity contribution is 9.10. The molecule has 3 nitrogen and oxygen atoms in total. The maximum atomic E-state index is 11.8. The van der Waals surface area contributed by atoms with Crippen LogP contribution in [0.15, 0.2) is 28.7 Å². The van der Waals surface area contributed by atoms with Crippen molar-refractivity contribution in [2.75, 3.05) is 0 Å². The quantitative estimate of drug-likeness (QED) is 0.844. The van der Waals surface area contributed by atoms with E-state index >= 15 is 0 Å². The van der Waals surface area contributed by atoms with Crippen molar-refractivity contribution in [3.63, 3.8) is 0 Å². The third-order valence-electron chi connectivity index (χ3n) is 2.86. The number of halogens is 1. The summed E-state index contributed by atoms with van der Waals surface area (Å²) < 4.78 is 1.07. The maximum absolute atomic E-state index is 11.8. The number of rotatable bonds is 6. The van der Waals surface area contributed by atoms with Crippen molar-refractivity contribution in [3.8, 4) is 0 Å². The Morgan fingerprint density at radius 3 is 2.47 bits per heavy atom. The fraction of sp³-hybridized carbons (Fsp3) is 0.533. The fourth-order valence-corrected chi connectivity index (χ4v) is 2.07. The first-order valence-electron chi connectivity index (χ1n) is 6.59. The Labute approximate surface area is 124 Å². The van der Waals surface area contributed by atoms with Gasteiger partial charge in [0.25, 0.3) is 0 Å². The first kappa shape index (κ1) is 16.2. The lowest BCUT2D eigenvalue weighted by atomic mass is 9.99. The number of carbonyl (C=O) groups excluding carboxylic acids is 1. The number of benzene rings is 1. The molecule has 1 aromatic carbocycles. The molecule has 0 bridgehead atoms. The summed E-state index contributed by atoms with van der Waals surface area (Å²) in [6.07, 6.45) is 2.02. The highest BCUT2D eigenvalue weighted by Gasteiger charge is 2.14. The van der Waals surface area contributed by atoms with Gasteiger partial charge < -0.3 is 11.1 Å². The molecular weight excluding hydrogens is 304 g/mol. The third kappa shape index (κ3) is 7.33. The van der Waals surface area contributed by atoms with Gasteiger partial charge in [-0.15, -0.1) is 0 Å². The van der Waals surface area contributed by atoms with Crippen molar-refractivity contribution in [2.24, 2.45) is 5.73 Å². The number of nitrogens with two attached hydrogens (primary N) is 1. The van der Waals surface area contributed by atoms with E-state index < -0.39 is 0 Å². The van der Waals surface area contributed by atoms with Crippen molar-refractivity contribution in [2.45, 2.75) is 51.6 Å². The second-order valence-corrected chi connectivity index (χ2v) is 6.70. The van der Waals surface area contributed by atoms with Crippen molar-refractivity contribution in [3.05, 3.63) is 34.3 Å². The molecule has 0 fully saturated rings. The molecule has 1 amide bonds. The number of carbonyl (C=O) groups is 1. The van der Waals surface area contributed by atoms with E-state index in [-0.39, 0.29) is 17.5 Å².